The molecule has 94 valence electrons. The minimum atomic E-state index is -0.338. The van der Waals surface area contributed by atoms with Crippen LogP contribution in [0.15, 0.2) is 30.3 Å². The number of likely N-dealkylation sites (tertiary alicyclic amines) is 1. The lowest BCUT2D eigenvalue weighted by Gasteiger charge is -2.34. The van der Waals surface area contributed by atoms with E-state index in [0.717, 1.165) is 31.9 Å². The van der Waals surface area contributed by atoms with E-state index in [1.54, 1.807) is 0 Å². The molecule has 1 heterocycles. The third kappa shape index (κ3) is 3.72. The maximum atomic E-state index is 9.57. The lowest BCUT2D eigenvalue weighted by Crippen LogP contribution is -2.42. The van der Waals surface area contributed by atoms with Gasteiger partial charge in [0.1, 0.15) is 12.0 Å². The summed E-state index contributed by atoms with van der Waals surface area (Å²) in [6, 6.07) is 9.92. The van der Waals surface area contributed by atoms with Crippen LogP contribution in [0, 0.1) is 5.92 Å². The van der Waals surface area contributed by atoms with Crippen molar-refractivity contribution in [1.29, 1.82) is 0 Å². The number of benzene rings is 1. The SMILES string of the molecule is CC(O)N1CCCC(COc2ccccc2)C1. The standard InChI is InChI=1S/C14H21NO2/c1-12(16)15-9-5-6-13(10-15)11-17-14-7-3-2-4-8-14/h2-4,7-8,12-13,16H,5-6,9-11H2,1H3. The number of hydrogen-bond donors (Lipinski definition) is 1. The number of piperidine rings is 1. The molecular formula is C14H21NO2. The number of ether oxygens (including phenoxy) is 1. The van der Waals surface area contributed by atoms with Crippen molar-refractivity contribution in [2.24, 2.45) is 5.92 Å². The predicted octanol–water partition coefficient (Wildman–Crippen LogP) is 2.12. The summed E-state index contributed by atoms with van der Waals surface area (Å²) >= 11 is 0. The van der Waals surface area contributed by atoms with E-state index in [2.05, 4.69) is 4.90 Å². The van der Waals surface area contributed by atoms with E-state index in [9.17, 15) is 5.11 Å². The van der Waals surface area contributed by atoms with Crippen molar-refractivity contribution in [1.82, 2.24) is 4.90 Å². The van der Waals surface area contributed by atoms with Gasteiger partial charge < -0.3 is 9.84 Å². The van der Waals surface area contributed by atoms with Crippen LogP contribution < -0.4 is 4.74 Å². The average Bonchev–Trinajstić information content (AvgIpc) is 2.38. The van der Waals surface area contributed by atoms with Crippen molar-refractivity contribution in [3.8, 4) is 5.75 Å². The first kappa shape index (κ1) is 12.4. The molecule has 0 saturated carbocycles. The van der Waals surface area contributed by atoms with Crippen molar-refractivity contribution in [3.63, 3.8) is 0 Å². The molecule has 0 spiro atoms. The second kappa shape index (κ2) is 6.03. The van der Waals surface area contributed by atoms with Crippen molar-refractivity contribution in [2.75, 3.05) is 19.7 Å². The van der Waals surface area contributed by atoms with Gasteiger partial charge in [0.2, 0.25) is 0 Å². The zero-order chi connectivity index (χ0) is 12.1. The summed E-state index contributed by atoms with van der Waals surface area (Å²) in [5.41, 5.74) is 0. The molecule has 1 aliphatic rings. The Bertz CT molecular complexity index is 326. The first-order chi connectivity index (χ1) is 8.25. The Hall–Kier alpha value is -1.06. The van der Waals surface area contributed by atoms with Gasteiger partial charge in [-0.25, -0.2) is 0 Å². The van der Waals surface area contributed by atoms with Crippen LogP contribution in [-0.4, -0.2) is 35.9 Å². The van der Waals surface area contributed by atoms with Gasteiger partial charge in [0.15, 0.2) is 0 Å². The predicted molar refractivity (Wildman–Crippen MR) is 67.9 cm³/mol. The molecule has 2 unspecified atom stereocenters. The van der Waals surface area contributed by atoms with Crippen LogP contribution in [0.1, 0.15) is 19.8 Å². The normalized spacial score (nSPS) is 23.3. The lowest BCUT2D eigenvalue weighted by molar-refractivity contribution is -0.0147. The van der Waals surface area contributed by atoms with E-state index >= 15 is 0 Å². The van der Waals surface area contributed by atoms with Crippen molar-refractivity contribution >= 4 is 0 Å². The van der Waals surface area contributed by atoms with E-state index in [1.165, 1.54) is 6.42 Å². The summed E-state index contributed by atoms with van der Waals surface area (Å²) in [6.07, 6.45) is 2.00. The van der Waals surface area contributed by atoms with Gasteiger partial charge in [0.25, 0.3) is 0 Å². The topological polar surface area (TPSA) is 32.7 Å². The number of hydrogen-bond acceptors (Lipinski definition) is 3. The summed E-state index contributed by atoms with van der Waals surface area (Å²) in [5, 5.41) is 9.57. The van der Waals surface area contributed by atoms with Crippen LogP contribution in [-0.2, 0) is 0 Å². The molecule has 17 heavy (non-hydrogen) atoms. The molecule has 0 bridgehead atoms. The van der Waals surface area contributed by atoms with Crippen LogP contribution in [0.25, 0.3) is 0 Å². The Balaban J connectivity index is 1.79. The Morgan fingerprint density at radius 1 is 1.41 bits per heavy atom. The second-order valence-electron chi connectivity index (χ2n) is 4.76. The van der Waals surface area contributed by atoms with Gasteiger partial charge in [-0.1, -0.05) is 18.2 Å². The van der Waals surface area contributed by atoms with E-state index in [-0.39, 0.29) is 6.23 Å². The van der Waals surface area contributed by atoms with Gasteiger partial charge in [-0.2, -0.15) is 0 Å². The van der Waals surface area contributed by atoms with E-state index in [4.69, 9.17) is 4.74 Å². The van der Waals surface area contributed by atoms with Gasteiger partial charge in [-0.3, -0.25) is 4.90 Å². The van der Waals surface area contributed by atoms with Gasteiger partial charge >= 0.3 is 0 Å². The summed E-state index contributed by atoms with van der Waals surface area (Å²) in [6.45, 7) is 4.51. The number of para-hydroxylation sites is 1. The molecule has 0 aliphatic carbocycles. The number of nitrogens with zero attached hydrogens (tertiary/aromatic N) is 1. The van der Waals surface area contributed by atoms with Crippen molar-refractivity contribution in [3.05, 3.63) is 30.3 Å². The van der Waals surface area contributed by atoms with Crippen LogP contribution >= 0.6 is 0 Å². The third-order valence-corrected chi connectivity index (χ3v) is 3.31. The highest BCUT2D eigenvalue weighted by Gasteiger charge is 2.22. The monoisotopic (exact) mass is 235 g/mol. The van der Waals surface area contributed by atoms with E-state index in [1.807, 2.05) is 37.3 Å². The molecular weight excluding hydrogens is 214 g/mol. The van der Waals surface area contributed by atoms with Gasteiger partial charge in [-0.05, 0) is 31.9 Å². The van der Waals surface area contributed by atoms with E-state index < -0.39 is 0 Å². The fraction of sp³-hybridized carbons (Fsp3) is 0.571. The van der Waals surface area contributed by atoms with Crippen LogP contribution in [0.4, 0.5) is 0 Å². The lowest BCUT2D eigenvalue weighted by atomic mass is 9.99. The Morgan fingerprint density at radius 2 is 2.18 bits per heavy atom. The van der Waals surface area contributed by atoms with E-state index in [0.29, 0.717) is 5.92 Å². The third-order valence-electron chi connectivity index (χ3n) is 3.31. The largest absolute Gasteiger partial charge is 0.493 e. The molecule has 1 aromatic rings. The molecule has 1 aromatic carbocycles. The molecule has 0 amide bonds. The molecule has 3 nitrogen and oxygen atoms in total. The Labute approximate surface area is 103 Å². The summed E-state index contributed by atoms with van der Waals surface area (Å²) < 4.78 is 5.77. The number of rotatable bonds is 4. The minimum Gasteiger partial charge on any atom is -0.493 e. The second-order valence-corrected chi connectivity index (χ2v) is 4.76. The number of aliphatic hydroxyl groups is 1. The van der Waals surface area contributed by atoms with Crippen molar-refractivity contribution < 1.29 is 9.84 Å². The molecule has 1 saturated heterocycles. The smallest absolute Gasteiger partial charge is 0.119 e. The molecule has 1 N–H and O–H groups in total. The summed E-state index contributed by atoms with van der Waals surface area (Å²) in [4.78, 5) is 2.11. The van der Waals surface area contributed by atoms with Gasteiger partial charge in [0, 0.05) is 19.0 Å². The summed E-state index contributed by atoms with van der Waals surface area (Å²) in [5.74, 6) is 1.46. The maximum Gasteiger partial charge on any atom is 0.119 e. The highest BCUT2D eigenvalue weighted by molar-refractivity contribution is 5.20. The fourth-order valence-corrected chi connectivity index (χ4v) is 2.30. The highest BCUT2D eigenvalue weighted by atomic mass is 16.5. The average molecular weight is 235 g/mol. The molecule has 1 aliphatic heterocycles. The quantitative estimate of drug-likeness (QED) is 0.867. The minimum absolute atomic E-state index is 0.338. The van der Waals surface area contributed by atoms with Crippen LogP contribution in [0.3, 0.4) is 0 Å². The zero-order valence-electron chi connectivity index (χ0n) is 10.4. The van der Waals surface area contributed by atoms with Gasteiger partial charge in [0.05, 0.1) is 6.61 Å². The summed E-state index contributed by atoms with van der Waals surface area (Å²) in [7, 11) is 0. The number of aliphatic hydroxyl groups excluding tert-OH is 1. The molecule has 3 heteroatoms. The Kier molecular flexibility index (Phi) is 4.40. The fourth-order valence-electron chi connectivity index (χ4n) is 2.30. The zero-order valence-corrected chi connectivity index (χ0v) is 10.4. The maximum absolute atomic E-state index is 9.57. The van der Waals surface area contributed by atoms with Gasteiger partial charge in [-0.15, -0.1) is 0 Å². The molecule has 0 radical (unpaired) electrons. The van der Waals surface area contributed by atoms with Crippen LogP contribution in [0.5, 0.6) is 5.75 Å². The molecule has 2 atom stereocenters. The van der Waals surface area contributed by atoms with Crippen LogP contribution in [0.2, 0.25) is 0 Å². The molecule has 1 fully saturated rings. The van der Waals surface area contributed by atoms with Crippen molar-refractivity contribution in [2.45, 2.75) is 26.0 Å². The molecule has 0 aromatic heterocycles. The first-order valence-electron chi connectivity index (χ1n) is 6.35. The highest BCUT2D eigenvalue weighted by Crippen LogP contribution is 2.19. The first-order valence-corrected chi connectivity index (χ1v) is 6.35. The Morgan fingerprint density at radius 3 is 2.88 bits per heavy atom. The molecule has 2 rings (SSSR count).